The molecule has 0 spiro atoms. The van der Waals surface area contributed by atoms with Gasteiger partial charge in [-0.3, -0.25) is 8.37 Å². The van der Waals surface area contributed by atoms with Crippen LogP contribution in [-0.4, -0.2) is 65.6 Å². The summed E-state index contributed by atoms with van der Waals surface area (Å²) in [4.78, 5) is 0. The zero-order chi connectivity index (χ0) is 30.2. The van der Waals surface area contributed by atoms with Crippen molar-refractivity contribution in [3.63, 3.8) is 0 Å². The van der Waals surface area contributed by atoms with Gasteiger partial charge in [0.25, 0.3) is 0 Å². The zero-order valence-electron chi connectivity index (χ0n) is 25.7. The molecule has 0 N–H and O–H groups in total. The quantitative estimate of drug-likeness (QED) is 0.0345. The molecule has 1 radical (unpaired) electrons. The van der Waals surface area contributed by atoms with Gasteiger partial charge in [-0.2, -0.15) is 0 Å². The first-order valence-electron chi connectivity index (χ1n) is 15.5. The van der Waals surface area contributed by atoms with Crippen molar-refractivity contribution in [2.24, 2.45) is 0 Å². The third-order valence-corrected chi connectivity index (χ3v) is 7.11. The van der Waals surface area contributed by atoms with Gasteiger partial charge in [-0.1, -0.05) is 129 Å². The Hall–Kier alpha value is 0.179. The first-order chi connectivity index (χ1) is 19.1. The normalized spacial score (nSPS) is 11.6. The molecule has 0 aromatic rings. The van der Waals surface area contributed by atoms with Gasteiger partial charge in [0, 0.05) is 13.2 Å². The van der Waals surface area contributed by atoms with Gasteiger partial charge in [0.1, 0.15) is 0 Å². The molecule has 0 rings (SSSR count). The van der Waals surface area contributed by atoms with Gasteiger partial charge in [-0.25, -0.2) is 16.8 Å². The van der Waals surface area contributed by atoms with Gasteiger partial charge in [0.05, 0.1) is 26.4 Å². The fraction of sp³-hybridized carbons (Fsp3) is 1.00. The Labute approximate surface area is 262 Å². The molecule has 0 amide bonds. The van der Waals surface area contributed by atoms with Crippen LogP contribution in [0.5, 0.6) is 0 Å². The Balaban J connectivity index is -0.000000688. The molecule has 0 aliphatic rings. The number of unbranched alkanes of at least 4 members (excludes halogenated alkanes) is 18. The molecule has 0 bridgehead atoms. The van der Waals surface area contributed by atoms with E-state index in [9.17, 15) is 25.9 Å². The van der Waals surface area contributed by atoms with Crippen molar-refractivity contribution in [2.45, 2.75) is 142 Å². The molecule has 0 aromatic carbocycles. The number of hydrogen-bond donors (Lipinski definition) is 0. The molecule has 0 heterocycles. The van der Waals surface area contributed by atoms with Gasteiger partial charge >= 0.3 is 17.1 Å². The van der Waals surface area contributed by atoms with Gasteiger partial charge in [0.2, 0.25) is 20.8 Å². The van der Waals surface area contributed by atoms with Crippen molar-refractivity contribution in [2.75, 3.05) is 39.6 Å². The second kappa shape index (κ2) is 34.7. The molecule has 0 unspecified atom stereocenters. The molecule has 41 heavy (non-hydrogen) atoms. The molecule has 0 atom stereocenters. The maximum Gasteiger partial charge on any atom is 2.00 e. The molecule has 0 saturated heterocycles. The van der Waals surface area contributed by atoms with E-state index in [0.29, 0.717) is 13.2 Å². The summed E-state index contributed by atoms with van der Waals surface area (Å²) in [6.45, 7) is 5.57. The summed E-state index contributed by atoms with van der Waals surface area (Å²) < 4.78 is 79.1. The molecule has 0 fully saturated rings. The Morgan fingerprint density at radius 2 is 0.634 bits per heavy atom. The van der Waals surface area contributed by atoms with Crippen LogP contribution in [0.1, 0.15) is 142 Å². The Morgan fingerprint density at radius 3 is 0.878 bits per heavy atom. The summed E-state index contributed by atoms with van der Waals surface area (Å²) in [6.07, 6.45) is 25.3. The van der Waals surface area contributed by atoms with Crippen molar-refractivity contribution >= 4 is 20.8 Å². The Kier molecular flexibility index (Phi) is 38.6. The number of ether oxygens (including phenoxy) is 2. The third-order valence-electron chi connectivity index (χ3n) is 6.20. The standard InChI is InChI=1S/2C14H30O5S.Mn/c2*1-2-3-4-5-6-7-8-9-10-11-12-18-13-14-19-20(15,16)17;/h2*2-14H2,1H3,(H,15,16,17);/q;;+2/p-2. The van der Waals surface area contributed by atoms with Gasteiger partial charge < -0.3 is 18.6 Å². The van der Waals surface area contributed by atoms with Crippen LogP contribution < -0.4 is 0 Å². The first-order valence-corrected chi connectivity index (χ1v) is 18.1. The van der Waals surface area contributed by atoms with E-state index in [0.717, 1.165) is 25.7 Å². The van der Waals surface area contributed by atoms with Crippen molar-refractivity contribution in [1.82, 2.24) is 0 Å². The van der Waals surface area contributed by atoms with Crippen LogP contribution in [0.3, 0.4) is 0 Å². The summed E-state index contributed by atoms with van der Waals surface area (Å²) in [5.74, 6) is 0. The fourth-order valence-corrected chi connectivity index (χ4v) is 4.52. The summed E-state index contributed by atoms with van der Waals surface area (Å²) in [5, 5.41) is 0. The van der Waals surface area contributed by atoms with Crippen LogP contribution in [-0.2, 0) is 55.7 Å². The van der Waals surface area contributed by atoms with Crippen molar-refractivity contribution < 1.29 is 60.8 Å². The van der Waals surface area contributed by atoms with E-state index < -0.39 is 20.8 Å². The SMILES string of the molecule is CCCCCCCCCCCCOCCOS(=O)(=O)[O-].CCCCCCCCCCCCOCCOS(=O)(=O)[O-].[Mn+2]. The molecule has 0 aliphatic heterocycles. The fourth-order valence-electron chi connectivity index (χ4n) is 3.98. The Bertz CT molecular complexity index is 647. The minimum Gasteiger partial charge on any atom is -0.726 e. The van der Waals surface area contributed by atoms with Gasteiger partial charge in [0.15, 0.2) is 0 Å². The van der Waals surface area contributed by atoms with Crippen LogP contribution in [0.4, 0.5) is 0 Å². The molecule has 249 valence electrons. The van der Waals surface area contributed by atoms with Crippen LogP contribution in [0.25, 0.3) is 0 Å². The molecule has 0 aliphatic carbocycles. The van der Waals surface area contributed by atoms with Gasteiger partial charge in [-0.05, 0) is 12.8 Å². The predicted octanol–water partition coefficient (Wildman–Crippen LogP) is 6.80. The number of rotatable bonds is 30. The molecule has 13 heteroatoms. The molecular weight excluding hydrogens is 615 g/mol. The molecule has 0 aromatic heterocycles. The predicted molar refractivity (Wildman–Crippen MR) is 157 cm³/mol. The first kappa shape index (κ1) is 45.6. The molecule has 10 nitrogen and oxygen atoms in total. The van der Waals surface area contributed by atoms with Crippen molar-refractivity contribution in [3.8, 4) is 0 Å². The van der Waals surface area contributed by atoms with E-state index in [1.54, 1.807) is 0 Å². The van der Waals surface area contributed by atoms with E-state index in [4.69, 9.17) is 9.47 Å². The van der Waals surface area contributed by atoms with E-state index in [2.05, 4.69) is 22.2 Å². The minimum atomic E-state index is -4.57. The van der Waals surface area contributed by atoms with Crippen molar-refractivity contribution in [1.29, 1.82) is 0 Å². The minimum absolute atomic E-state index is 0. The average Bonchev–Trinajstić information content (AvgIpc) is 2.88. The summed E-state index contributed by atoms with van der Waals surface area (Å²) in [6, 6.07) is 0. The van der Waals surface area contributed by atoms with Crippen LogP contribution in [0.15, 0.2) is 0 Å². The summed E-state index contributed by atoms with van der Waals surface area (Å²) in [5.41, 5.74) is 0. The topological polar surface area (TPSA) is 151 Å². The monoisotopic (exact) mass is 673 g/mol. The van der Waals surface area contributed by atoms with Crippen molar-refractivity contribution in [3.05, 3.63) is 0 Å². The number of hydrogen-bond acceptors (Lipinski definition) is 10. The second-order valence-electron chi connectivity index (χ2n) is 10.0. The smallest absolute Gasteiger partial charge is 0.726 e. The zero-order valence-corrected chi connectivity index (χ0v) is 28.5. The second-order valence-corrected chi connectivity index (χ2v) is 12.2. The maximum atomic E-state index is 10.1. The van der Waals surface area contributed by atoms with E-state index in [1.807, 2.05) is 0 Å². The largest absolute Gasteiger partial charge is 2.00 e. The van der Waals surface area contributed by atoms with Crippen LogP contribution in [0, 0.1) is 0 Å². The summed E-state index contributed by atoms with van der Waals surface area (Å²) in [7, 11) is -9.14. The molecule has 0 saturated carbocycles. The average molecular weight is 674 g/mol. The Morgan fingerprint density at radius 1 is 0.390 bits per heavy atom. The maximum absolute atomic E-state index is 10.1. The molecular formula is C28H58MnO10S2. The van der Waals surface area contributed by atoms with E-state index in [-0.39, 0.29) is 43.5 Å². The van der Waals surface area contributed by atoms with E-state index in [1.165, 1.54) is 103 Å². The summed E-state index contributed by atoms with van der Waals surface area (Å²) >= 11 is 0. The van der Waals surface area contributed by atoms with Crippen LogP contribution >= 0.6 is 0 Å². The van der Waals surface area contributed by atoms with E-state index >= 15 is 0 Å². The van der Waals surface area contributed by atoms with Crippen LogP contribution in [0.2, 0.25) is 0 Å². The van der Waals surface area contributed by atoms with Gasteiger partial charge in [-0.15, -0.1) is 0 Å². The third kappa shape index (κ3) is 50.1.